The Hall–Kier alpha value is -2.04. The normalized spacial score (nSPS) is 10.8. The molecule has 1 N–H and O–H groups in total. The van der Waals surface area contributed by atoms with Gasteiger partial charge in [0, 0.05) is 17.1 Å². The van der Waals surface area contributed by atoms with Crippen LogP contribution in [0.25, 0.3) is 10.9 Å². The molecular weight excluding hydrogens is 228 g/mol. The molecule has 5 heteroatoms. The Morgan fingerprint density at radius 3 is 2.65 bits per heavy atom. The zero-order valence-electron chi connectivity index (χ0n) is 9.00. The molecule has 0 saturated carbocycles. The maximum Gasteiger partial charge on any atom is 0.336 e. The first-order chi connectivity index (χ1) is 8.02. The fraction of sp³-hybridized carbons (Fsp3) is 0.167. The van der Waals surface area contributed by atoms with Gasteiger partial charge in [-0.1, -0.05) is 6.92 Å². The third-order valence-electron chi connectivity index (χ3n) is 2.48. The number of hydrogen-bond donors (Lipinski definition) is 1. The summed E-state index contributed by atoms with van der Waals surface area (Å²) in [6.45, 7) is 1.78. The Kier molecular flexibility index (Phi) is 2.75. The number of aromatic nitrogens is 1. The zero-order chi connectivity index (χ0) is 12.6. The number of rotatable bonds is 2. The molecule has 17 heavy (non-hydrogen) atoms. The zero-order valence-corrected chi connectivity index (χ0v) is 9.00. The summed E-state index contributed by atoms with van der Waals surface area (Å²) in [5.74, 6) is -2.89. The van der Waals surface area contributed by atoms with Gasteiger partial charge < -0.3 is 5.11 Å². The van der Waals surface area contributed by atoms with Gasteiger partial charge in [-0.2, -0.15) is 0 Å². The molecule has 88 valence electrons. The highest BCUT2D eigenvalue weighted by Crippen LogP contribution is 2.23. The summed E-state index contributed by atoms with van der Waals surface area (Å²) in [6.07, 6.45) is 0.479. The molecule has 1 aromatic heterocycles. The first-order valence-electron chi connectivity index (χ1n) is 5.05. The van der Waals surface area contributed by atoms with Crippen molar-refractivity contribution in [3.05, 3.63) is 41.1 Å². The average molecular weight is 237 g/mol. The molecule has 0 aliphatic carbocycles. The van der Waals surface area contributed by atoms with Crippen LogP contribution in [-0.2, 0) is 6.42 Å². The summed E-state index contributed by atoms with van der Waals surface area (Å²) in [7, 11) is 0. The van der Waals surface area contributed by atoms with Gasteiger partial charge in [0.15, 0.2) is 5.82 Å². The second-order valence-corrected chi connectivity index (χ2v) is 3.60. The van der Waals surface area contributed by atoms with Crippen molar-refractivity contribution < 1.29 is 18.7 Å². The fourth-order valence-corrected chi connectivity index (χ4v) is 1.66. The number of carbonyl (C=O) groups is 1. The summed E-state index contributed by atoms with van der Waals surface area (Å²) >= 11 is 0. The molecule has 0 bridgehead atoms. The van der Waals surface area contributed by atoms with E-state index >= 15 is 0 Å². The predicted octanol–water partition coefficient (Wildman–Crippen LogP) is 2.77. The lowest BCUT2D eigenvalue weighted by Gasteiger charge is -2.06. The maximum atomic E-state index is 13.5. The van der Waals surface area contributed by atoms with Crippen molar-refractivity contribution in [2.24, 2.45) is 0 Å². The van der Waals surface area contributed by atoms with E-state index in [2.05, 4.69) is 4.98 Å². The van der Waals surface area contributed by atoms with E-state index in [4.69, 9.17) is 5.11 Å². The Labute approximate surface area is 95.7 Å². The van der Waals surface area contributed by atoms with E-state index in [1.54, 1.807) is 6.92 Å². The number of aromatic carboxylic acids is 1. The molecule has 2 aromatic rings. The van der Waals surface area contributed by atoms with Crippen molar-refractivity contribution in [2.45, 2.75) is 13.3 Å². The summed E-state index contributed by atoms with van der Waals surface area (Å²) in [5.41, 5.74) is 0.216. The van der Waals surface area contributed by atoms with Crippen LogP contribution in [0.5, 0.6) is 0 Å². The van der Waals surface area contributed by atoms with Crippen molar-refractivity contribution in [1.29, 1.82) is 0 Å². The van der Waals surface area contributed by atoms with E-state index < -0.39 is 17.6 Å². The van der Waals surface area contributed by atoms with E-state index in [0.717, 1.165) is 6.07 Å². The third-order valence-corrected chi connectivity index (χ3v) is 2.48. The van der Waals surface area contributed by atoms with Crippen LogP contribution < -0.4 is 0 Å². The SMILES string of the molecule is CCc1cc(C(=O)O)c2cc(F)cc(F)c2n1. The number of benzene rings is 1. The number of hydrogen-bond acceptors (Lipinski definition) is 2. The topological polar surface area (TPSA) is 50.2 Å². The van der Waals surface area contributed by atoms with Gasteiger partial charge in [0.1, 0.15) is 11.3 Å². The third kappa shape index (κ3) is 1.95. The largest absolute Gasteiger partial charge is 0.478 e. The number of aryl methyl sites for hydroxylation is 1. The summed E-state index contributed by atoms with van der Waals surface area (Å²) in [5, 5.41) is 8.99. The molecule has 0 unspecified atom stereocenters. The fourth-order valence-electron chi connectivity index (χ4n) is 1.66. The molecule has 0 saturated heterocycles. The highest BCUT2D eigenvalue weighted by molar-refractivity contribution is 6.02. The van der Waals surface area contributed by atoms with Gasteiger partial charge in [0.05, 0.1) is 5.56 Å². The van der Waals surface area contributed by atoms with Crippen LogP contribution in [0.4, 0.5) is 8.78 Å². The molecular formula is C12H9F2NO2. The van der Waals surface area contributed by atoms with Gasteiger partial charge in [-0.15, -0.1) is 0 Å². The Morgan fingerprint density at radius 1 is 1.35 bits per heavy atom. The summed E-state index contributed by atoms with van der Waals surface area (Å²) < 4.78 is 26.6. The molecule has 1 heterocycles. The van der Waals surface area contributed by atoms with Crippen LogP contribution in [-0.4, -0.2) is 16.1 Å². The minimum Gasteiger partial charge on any atom is -0.478 e. The van der Waals surface area contributed by atoms with Crippen molar-refractivity contribution in [3.8, 4) is 0 Å². The molecule has 0 amide bonds. The Morgan fingerprint density at radius 2 is 2.06 bits per heavy atom. The lowest BCUT2D eigenvalue weighted by Crippen LogP contribution is -2.03. The maximum absolute atomic E-state index is 13.5. The lowest BCUT2D eigenvalue weighted by atomic mass is 10.1. The van der Waals surface area contributed by atoms with E-state index in [9.17, 15) is 13.6 Å². The molecule has 0 radical (unpaired) electrons. The quantitative estimate of drug-likeness (QED) is 0.873. The van der Waals surface area contributed by atoms with Gasteiger partial charge in [0.2, 0.25) is 0 Å². The number of pyridine rings is 1. The van der Waals surface area contributed by atoms with Crippen LogP contribution in [0.3, 0.4) is 0 Å². The smallest absolute Gasteiger partial charge is 0.336 e. The number of halogens is 2. The van der Waals surface area contributed by atoms with Gasteiger partial charge in [0.25, 0.3) is 0 Å². The second-order valence-electron chi connectivity index (χ2n) is 3.60. The minimum atomic E-state index is -1.22. The van der Waals surface area contributed by atoms with Crippen molar-refractivity contribution >= 4 is 16.9 Å². The number of nitrogens with zero attached hydrogens (tertiary/aromatic N) is 1. The molecule has 3 nitrogen and oxygen atoms in total. The highest BCUT2D eigenvalue weighted by Gasteiger charge is 2.15. The second kappa shape index (κ2) is 4.08. The first kappa shape index (κ1) is 11.4. The predicted molar refractivity (Wildman–Crippen MR) is 58.0 cm³/mol. The lowest BCUT2D eigenvalue weighted by molar-refractivity contribution is 0.0699. The van der Waals surface area contributed by atoms with Crippen LogP contribution in [0.15, 0.2) is 18.2 Å². The molecule has 0 spiro atoms. The molecule has 1 aromatic carbocycles. The van der Waals surface area contributed by atoms with E-state index in [0.29, 0.717) is 18.2 Å². The monoisotopic (exact) mass is 237 g/mol. The van der Waals surface area contributed by atoms with Crippen LogP contribution in [0.2, 0.25) is 0 Å². The van der Waals surface area contributed by atoms with Crippen LogP contribution in [0, 0.1) is 11.6 Å². The molecule has 0 fully saturated rings. The van der Waals surface area contributed by atoms with E-state index in [1.165, 1.54) is 6.07 Å². The molecule has 2 rings (SSSR count). The summed E-state index contributed by atoms with van der Waals surface area (Å²) in [4.78, 5) is 15.0. The van der Waals surface area contributed by atoms with Crippen molar-refractivity contribution in [3.63, 3.8) is 0 Å². The van der Waals surface area contributed by atoms with Gasteiger partial charge in [-0.05, 0) is 18.6 Å². The van der Waals surface area contributed by atoms with Crippen molar-refractivity contribution in [2.75, 3.05) is 0 Å². The van der Waals surface area contributed by atoms with Gasteiger partial charge in [-0.25, -0.2) is 18.6 Å². The number of carboxylic acids is 1. The molecule has 0 atom stereocenters. The van der Waals surface area contributed by atoms with E-state index in [1.807, 2.05) is 0 Å². The minimum absolute atomic E-state index is 0.0211. The average Bonchev–Trinajstić information content (AvgIpc) is 2.27. The van der Waals surface area contributed by atoms with Gasteiger partial charge >= 0.3 is 5.97 Å². The standard InChI is InChI=1S/C12H9F2NO2/c1-2-7-5-9(12(16)17)8-3-6(13)4-10(14)11(8)15-7/h3-5H,2H2,1H3,(H,16,17). The summed E-state index contributed by atoms with van der Waals surface area (Å²) in [6, 6.07) is 3.01. The Bertz CT molecular complexity index is 611. The Balaban J connectivity index is 2.90. The van der Waals surface area contributed by atoms with Gasteiger partial charge in [-0.3, -0.25) is 0 Å². The number of carboxylic acid groups (broad SMARTS) is 1. The van der Waals surface area contributed by atoms with E-state index in [-0.39, 0.29) is 16.5 Å². The highest BCUT2D eigenvalue weighted by atomic mass is 19.1. The molecule has 0 aliphatic rings. The van der Waals surface area contributed by atoms with Crippen LogP contribution in [0.1, 0.15) is 23.0 Å². The van der Waals surface area contributed by atoms with Crippen LogP contribution >= 0.6 is 0 Å². The van der Waals surface area contributed by atoms with Crippen molar-refractivity contribution in [1.82, 2.24) is 4.98 Å². The molecule has 0 aliphatic heterocycles. The number of fused-ring (bicyclic) bond motifs is 1. The first-order valence-corrected chi connectivity index (χ1v) is 5.05.